The molecule has 2 atom stereocenters. The Balaban J connectivity index is 1.80. The number of nitrogens with zero attached hydrogens (tertiary/aromatic N) is 1. The first-order chi connectivity index (χ1) is 17.3. The van der Waals surface area contributed by atoms with E-state index in [1.54, 1.807) is 25.3 Å². The first kappa shape index (κ1) is 26.7. The Morgan fingerprint density at radius 3 is 2.22 bits per heavy atom. The predicted octanol–water partition coefficient (Wildman–Crippen LogP) is 4.85. The zero-order valence-electron chi connectivity index (χ0n) is 21.2. The molecule has 0 spiro atoms. The predicted molar refractivity (Wildman–Crippen MR) is 137 cm³/mol. The lowest BCUT2D eigenvalue weighted by Crippen LogP contribution is -2.20. The molecule has 0 aliphatic heterocycles. The fourth-order valence-electron chi connectivity index (χ4n) is 3.66. The second-order valence-electron chi connectivity index (χ2n) is 8.51. The van der Waals surface area contributed by atoms with Gasteiger partial charge in [0.25, 0.3) is 5.91 Å². The van der Waals surface area contributed by atoms with E-state index in [2.05, 4.69) is 34.1 Å². The van der Waals surface area contributed by atoms with E-state index in [-0.39, 0.29) is 17.8 Å². The van der Waals surface area contributed by atoms with Gasteiger partial charge in [0.2, 0.25) is 0 Å². The first-order valence-corrected chi connectivity index (χ1v) is 11.7. The molecule has 0 radical (unpaired) electrons. The maximum atomic E-state index is 13.0. The second-order valence-corrected chi connectivity index (χ2v) is 8.51. The zero-order chi connectivity index (χ0) is 26.1. The van der Waals surface area contributed by atoms with Crippen molar-refractivity contribution in [2.24, 2.45) is 0 Å². The van der Waals surface area contributed by atoms with Crippen molar-refractivity contribution in [1.29, 1.82) is 0 Å². The topological polar surface area (TPSA) is 96.0 Å². The van der Waals surface area contributed by atoms with E-state index in [1.165, 1.54) is 36.6 Å². The van der Waals surface area contributed by atoms with Crippen LogP contribution in [0, 0.1) is 6.92 Å². The summed E-state index contributed by atoms with van der Waals surface area (Å²) >= 11 is 0. The molecule has 8 nitrogen and oxygen atoms in total. The van der Waals surface area contributed by atoms with Crippen molar-refractivity contribution in [3.05, 3.63) is 83.0 Å². The molecule has 2 aromatic carbocycles. The van der Waals surface area contributed by atoms with Crippen molar-refractivity contribution in [3.63, 3.8) is 0 Å². The quantitative estimate of drug-likeness (QED) is 0.382. The number of methoxy groups -OCH3 is 2. The number of hydrogen-bond donors (Lipinski definition) is 1. The van der Waals surface area contributed by atoms with Crippen LogP contribution < -0.4 is 14.8 Å². The van der Waals surface area contributed by atoms with Crippen LogP contribution in [0.5, 0.6) is 11.5 Å². The van der Waals surface area contributed by atoms with Crippen molar-refractivity contribution >= 4 is 17.7 Å². The Morgan fingerprint density at radius 2 is 1.61 bits per heavy atom. The normalized spacial score (nSPS) is 12.4. The third-order valence-electron chi connectivity index (χ3n) is 5.41. The number of aryl methyl sites for hydroxylation is 1. The molecule has 3 aromatic rings. The SMILES string of the molecule is COC[C@H](C)Oc1cc(O[C@@H](C)Cc2ccccc2C)cc(C(=O)Nc2ccc(C(=O)OC)cn2)c1. The summed E-state index contributed by atoms with van der Waals surface area (Å²) in [7, 11) is 2.89. The van der Waals surface area contributed by atoms with E-state index in [9.17, 15) is 9.59 Å². The fraction of sp³-hybridized carbons (Fsp3) is 0.321. The van der Waals surface area contributed by atoms with Crippen LogP contribution in [-0.2, 0) is 15.9 Å². The minimum absolute atomic E-state index is 0.138. The largest absolute Gasteiger partial charge is 0.490 e. The van der Waals surface area contributed by atoms with Crippen molar-refractivity contribution in [3.8, 4) is 11.5 Å². The number of ether oxygens (including phenoxy) is 4. The third-order valence-corrected chi connectivity index (χ3v) is 5.41. The number of hydrogen-bond acceptors (Lipinski definition) is 7. The van der Waals surface area contributed by atoms with E-state index in [4.69, 9.17) is 14.2 Å². The Hall–Kier alpha value is -3.91. The van der Waals surface area contributed by atoms with Crippen LogP contribution in [0.4, 0.5) is 5.82 Å². The van der Waals surface area contributed by atoms with E-state index >= 15 is 0 Å². The Bertz CT molecular complexity index is 1180. The summed E-state index contributed by atoms with van der Waals surface area (Å²) in [4.78, 5) is 28.8. The summed E-state index contributed by atoms with van der Waals surface area (Å²) < 4.78 is 22.0. The number of rotatable bonds is 11. The molecule has 1 N–H and O–H groups in total. The van der Waals surface area contributed by atoms with Crippen LogP contribution in [0.1, 0.15) is 45.7 Å². The Labute approximate surface area is 211 Å². The number of carbonyl (C=O) groups excluding carboxylic acids is 2. The molecule has 0 aliphatic carbocycles. The average Bonchev–Trinajstić information content (AvgIpc) is 2.85. The smallest absolute Gasteiger partial charge is 0.339 e. The molecule has 0 aliphatic rings. The Kier molecular flexibility index (Phi) is 9.41. The number of aromatic nitrogens is 1. The van der Waals surface area contributed by atoms with Crippen LogP contribution in [0.2, 0.25) is 0 Å². The molecular formula is C28H32N2O6. The minimum atomic E-state index is -0.503. The number of anilines is 1. The van der Waals surface area contributed by atoms with Gasteiger partial charge in [0, 0.05) is 31.4 Å². The van der Waals surface area contributed by atoms with Gasteiger partial charge in [-0.15, -0.1) is 0 Å². The second kappa shape index (κ2) is 12.7. The van der Waals surface area contributed by atoms with Gasteiger partial charge in [-0.2, -0.15) is 0 Å². The average molecular weight is 493 g/mol. The van der Waals surface area contributed by atoms with Crippen LogP contribution in [-0.4, -0.2) is 49.9 Å². The summed E-state index contributed by atoms with van der Waals surface area (Å²) in [5.41, 5.74) is 3.03. The maximum Gasteiger partial charge on any atom is 0.339 e. The highest BCUT2D eigenvalue weighted by Crippen LogP contribution is 2.26. The number of benzene rings is 2. The van der Waals surface area contributed by atoms with Gasteiger partial charge in [0.15, 0.2) is 0 Å². The summed E-state index contributed by atoms with van der Waals surface area (Å²) in [5.74, 6) is 0.394. The van der Waals surface area contributed by atoms with Gasteiger partial charge >= 0.3 is 5.97 Å². The minimum Gasteiger partial charge on any atom is -0.490 e. The molecule has 8 heteroatoms. The lowest BCUT2D eigenvalue weighted by Gasteiger charge is -2.19. The summed E-state index contributed by atoms with van der Waals surface area (Å²) in [6.07, 6.45) is 1.70. The van der Waals surface area contributed by atoms with Gasteiger partial charge in [-0.05, 0) is 56.2 Å². The van der Waals surface area contributed by atoms with Gasteiger partial charge in [-0.3, -0.25) is 4.79 Å². The molecule has 3 rings (SSSR count). The zero-order valence-corrected chi connectivity index (χ0v) is 21.2. The van der Waals surface area contributed by atoms with Crippen molar-refractivity contribution in [2.75, 3.05) is 26.1 Å². The molecule has 0 bridgehead atoms. The lowest BCUT2D eigenvalue weighted by atomic mass is 10.0. The van der Waals surface area contributed by atoms with Gasteiger partial charge in [0.1, 0.15) is 23.4 Å². The summed E-state index contributed by atoms with van der Waals surface area (Å²) in [5, 5.41) is 2.74. The molecular weight excluding hydrogens is 460 g/mol. The molecule has 0 saturated heterocycles. The molecule has 0 unspecified atom stereocenters. The molecule has 1 heterocycles. The van der Waals surface area contributed by atoms with E-state index in [0.717, 1.165) is 6.42 Å². The van der Waals surface area contributed by atoms with Gasteiger partial charge < -0.3 is 24.3 Å². The number of nitrogens with one attached hydrogen (secondary N) is 1. The molecule has 0 fully saturated rings. The first-order valence-electron chi connectivity index (χ1n) is 11.7. The van der Waals surface area contributed by atoms with Crippen molar-refractivity contribution < 1.29 is 28.5 Å². The monoisotopic (exact) mass is 492 g/mol. The molecule has 36 heavy (non-hydrogen) atoms. The number of pyridine rings is 1. The van der Waals surface area contributed by atoms with Gasteiger partial charge in [-0.25, -0.2) is 9.78 Å². The highest BCUT2D eigenvalue weighted by molar-refractivity contribution is 6.04. The van der Waals surface area contributed by atoms with Crippen molar-refractivity contribution in [1.82, 2.24) is 4.98 Å². The van der Waals surface area contributed by atoms with E-state index in [1.807, 2.05) is 26.0 Å². The van der Waals surface area contributed by atoms with Crippen molar-refractivity contribution in [2.45, 2.75) is 39.4 Å². The number of carbonyl (C=O) groups is 2. The summed E-state index contributed by atoms with van der Waals surface area (Å²) in [6.45, 7) is 6.33. The fourth-order valence-corrected chi connectivity index (χ4v) is 3.66. The highest BCUT2D eigenvalue weighted by Gasteiger charge is 2.16. The van der Waals surface area contributed by atoms with E-state index in [0.29, 0.717) is 29.5 Å². The highest BCUT2D eigenvalue weighted by atomic mass is 16.5. The molecule has 0 saturated carbocycles. The molecule has 1 amide bonds. The number of esters is 1. The van der Waals surface area contributed by atoms with E-state index < -0.39 is 11.9 Å². The number of amides is 1. The van der Waals surface area contributed by atoms with Crippen LogP contribution in [0.3, 0.4) is 0 Å². The third kappa shape index (κ3) is 7.55. The Morgan fingerprint density at radius 1 is 0.917 bits per heavy atom. The standard InChI is InChI=1S/C28H32N2O6/c1-18-8-6-7-9-21(18)12-19(2)35-24-13-23(14-25(15-24)36-20(3)17-33-4)27(31)30-26-11-10-22(16-29-26)28(32)34-5/h6-11,13-16,19-20H,12,17H2,1-5H3,(H,29,30,31)/t19-,20-/m0/s1. The van der Waals surface area contributed by atoms with Gasteiger partial charge in [-0.1, -0.05) is 24.3 Å². The molecule has 1 aromatic heterocycles. The van der Waals surface area contributed by atoms with Gasteiger partial charge in [0.05, 0.1) is 25.4 Å². The van der Waals surface area contributed by atoms with Crippen LogP contribution >= 0.6 is 0 Å². The lowest BCUT2D eigenvalue weighted by molar-refractivity contribution is 0.0600. The molecule has 190 valence electrons. The summed E-state index contributed by atoms with van der Waals surface area (Å²) in [6, 6.07) is 16.3. The van der Waals surface area contributed by atoms with Crippen LogP contribution in [0.15, 0.2) is 60.8 Å². The maximum absolute atomic E-state index is 13.0. The van der Waals surface area contributed by atoms with Crippen LogP contribution in [0.25, 0.3) is 0 Å².